The summed E-state index contributed by atoms with van der Waals surface area (Å²) in [4.78, 5) is 0. The molecule has 2 aromatic carbocycles. The average molecular weight is 281 g/mol. The first-order chi connectivity index (χ1) is 10.3. The summed E-state index contributed by atoms with van der Waals surface area (Å²) in [6.45, 7) is 2.09. The Morgan fingerprint density at radius 2 is 1.81 bits per heavy atom. The van der Waals surface area contributed by atoms with Crippen molar-refractivity contribution in [2.24, 2.45) is 0 Å². The van der Waals surface area contributed by atoms with Gasteiger partial charge in [0.1, 0.15) is 5.75 Å². The molecule has 1 aromatic heterocycles. The number of benzene rings is 2. The van der Waals surface area contributed by atoms with Gasteiger partial charge in [0, 0.05) is 10.9 Å². The fraction of sp³-hybridized carbons (Fsp3) is 0.278. The molecule has 1 N–H and O–H groups in total. The lowest BCUT2D eigenvalue weighted by molar-refractivity contribution is 0.435. The summed E-state index contributed by atoms with van der Waals surface area (Å²) < 4.78 is 5.49. The number of nitrogens with zero attached hydrogens (tertiary/aromatic N) is 1. The number of rotatable bonds is 5. The molecule has 3 rings (SSSR count). The van der Waals surface area contributed by atoms with Crippen LogP contribution < -0.4 is 0 Å². The minimum Gasteiger partial charge on any atom is -0.508 e. The van der Waals surface area contributed by atoms with Gasteiger partial charge in [0.15, 0.2) is 5.58 Å². The maximum atomic E-state index is 9.97. The van der Waals surface area contributed by atoms with Gasteiger partial charge in [-0.25, -0.2) is 0 Å². The van der Waals surface area contributed by atoms with Gasteiger partial charge >= 0.3 is 0 Å². The fourth-order valence-corrected chi connectivity index (χ4v) is 2.68. The topological polar surface area (TPSA) is 46.3 Å². The fourth-order valence-electron chi connectivity index (χ4n) is 2.68. The molecule has 0 fully saturated rings. The van der Waals surface area contributed by atoms with E-state index in [0.717, 1.165) is 47.9 Å². The van der Waals surface area contributed by atoms with E-state index in [1.54, 1.807) is 6.07 Å². The average Bonchev–Trinajstić information content (AvgIpc) is 2.92. The maximum Gasteiger partial charge on any atom is 0.174 e. The molecule has 108 valence electrons. The number of fused-ring (bicyclic) bond motifs is 1. The van der Waals surface area contributed by atoms with Crippen LogP contribution in [0.2, 0.25) is 0 Å². The standard InChI is InChI=1S/C18H19NO2/c1-2-6-15-17(20)12-10-14-16(19-21-18(14)15)11-9-13-7-4-3-5-8-13/h3-5,7-8,10,12,20H,2,6,9,11H2,1H3. The van der Waals surface area contributed by atoms with Crippen LogP contribution in [-0.4, -0.2) is 10.3 Å². The van der Waals surface area contributed by atoms with Crippen LogP contribution in [-0.2, 0) is 19.3 Å². The Morgan fingerprint density at radius 3 is 2.57 bits per heavy atom. The highest BCUT2D eigenvalue weighted by Gasteiger charge is 2.14. The van der Waals surface area contributed by atoms with Gasteiger partial charge in [-0.05, 0) is 37.0 Å². The molecule has 1 heterocycles. The summed E-state index contributed by atoms with van der Waals surface area (Å²) in [5.41, 5.74) is 3.86. The lowest BCUT2D eigenvalue weighted by Crippen LogP contribution is -1.92. The van der Waals surface area contributed by atoms with E-state index in [4.69, 9.17) is 4.52 Å². The predicted molar refractivity (Wildman–Crippen MR) is 83.5 cm³/mol. The Bertz CT molecular complexity index is 732. The molecule has 3 nitrogen and oxygen atoms in total. The van der Waals surface area contributed by atoms with E-state index < -0.39 is 0 Å². The number of hydrogen-bond donors (Lipinski definition) is 1. The maximum absolute atomic E-state index is 9.97. The molecular weight excluding hydrogens is 262 g/mol. The molecule has 0 amide bonds. The van der Waals surface area contributed by atoms with E-state index in [1.165, 1.54) is 5.56 Å². The van der Waals surface area contributed by atoms with Gasteiger partial charge in [-0.1, -0.05) is 48.8 Å². The molecule has 0 aliphatic heterocycles. The number of aryl methyl sites for hydroxylation is 3. The van der Waals surface area contributed by atoms with Crippen LogP contribution in [0.15, 0.2) is 47.0 Å². The van der Waals surface area contributed by atoms with Crippen LogP contribution in [0, 0.1) is 0 Å². The number of aromatic nitrogens is 1. The lowest BCUT2D eigenvalue weighted by Gasteiger charge is -2.03. The Labute approximate surface area is 124 Å². The quantitative estimate of drug-likeness (QED) is 0.759. The summed E-state index contributed by atoms with van der Waals surface area (Å²) >= 11 is 0. The van der Waals surface area contributed by atoms with Crippen molar-refractivity contribution in [1.82, 2.24) is 5.16 Å². The van der Waals surface area contributed by atoms with E-state index in [0.29, 0.717) is 5.75 Å². The normalized spacial score (nSPS) is 11.1. The van der Waals surface area contributed by atoms with Gasteiger partial charge in [0.25, 0.3) is 0 Å². The van der Waals surface area contributed by atoms with Crippen molar-refractivity contribution < 1.29 is 9.63 Å². The van der Waals surface area contributed by atoms with Gasteiger partial charge in [0.2, 0.25) is 0 Å². The minimum atomic E-state index is 0.301. The highest BCUT2D eigenvalue weighted by Crippen LogP contribution is 2.30. The molecule has 0 bridgehead atoms. The summed E-state index contributed by atoms with van der Waals surface area (Å²) in [6.07, 6.45) is 3.54. The molecule has 0 unspecified atom stereocenters. The third kappa shape index (κ3) is 2.77. The number of phenolic OH excluding ortho intramolecular Hbond substituents is 1. The van der Waals surface area contributed by atoms with Crippen molar-refractivity contribution in [2.75, 3.05) is 0 Å². The highest BCUT2D eigenvalue weighted by molar-refractivity contribution is 5.84. The Morgan fingerprint density at radius 1 is 1.00 bits per heavy atom. The second-order valence-electron chi connectivity index (χ2n) is 5.30. The van der Waals surface area contributed by atoms with Crippen molar-refractivity contribution in [3.63, 3.8) is 0 Å². The lowest BCUT2D eigenvalue weighted by atomic mass is 10.0. The summed E-state index contributed by atoms with van der Waals surface area (Å²) in [7, 11) is 0. The van der Waals surface area contributed by atoms with Crippen molar-refractivity contribution in [2.45, 2.75) is 32.6 Å². The number of hydrogen-bond acceptors (Lipinski definition) is 3. The van der Waals surface area contributed by atoms with E-state index >= 15 is 0 Å². The van der Waals surface area contributed by atoms with Gasteiger partial charge in [-0.2, -0.15) is 0 Å². The first-order valence-corrected chi connectivity index (χ1v) is 7.42. The highest BCUT2D eigenvalue weighted by atomic mass is 16.5. The van der Waals surface area contributed by atoms with Crippen molar-refractivity contribution in [3.05, 3.63) is 59.3 Å². The first-order valence-electron chi connectivity index (χ1n) is 7.42. The van der Waals surface area contributed by atoms with E-state index in [2.05, 4.69) is 24.2 Å². The monoisotopic (exact) mass is 281 g/mol. The van der Waals surface area contributed by atoms with E-state index in [1.807, 2.05) is 24.3 Å². The molecule has 3 aromatic rings. The third-order valence-electron chi connectivity index (χ3n) is 3.79. The van der Waals surface area contributed by atoms with Crippen LogP contribution in [0.3, 0.4) is 0 Å². The zero-order valence-corrected chi connectivity index (χ0v) is 12.2. The molecule has 0 radical (unpaired) electrons. The minimum absolute atomic E-state index is 0.301. The van der Waals surface area contributed by atoms with Crippen molar-refractivity contribution in [1.29, 1.82) is 0 Å². The second-order valence-corrected chi connectivity index (χ2v) is 5.30. The second kappa shape index (κ2) is 6.00. The third-order valence-corrected chi connectivity index (χ3v) is 3.79. The van der Waals surface area contributed by atoms with Crippen LogP contribution in [0.25, 0.3) is 11.0 Å². The van der Waals surface area contributed by atoms with Crippen LogP contribution in [0.1, 0.15) is 30.2 Å². The van der Waals surface area contributed by atoms with Crippen molar-refractivity contribution >= 4 is 11.0 Å². The number of aromatic hydroxyl groups is 1. The summed E-state index contributed by atoms with van der Waals surface area (Å²) in [5.74, 6) is 0.301. The molecule has 3 heteroatoms. The molecule has 0 aliphatic carbocycles. The Kier molecular flexibility index (Phi) is 3.91. The smallest absolute Gasteiger partial charge is 0.174 e. The summed E-state index contributed by atoms with van der Waals surface area (Å²) in [5, 5.41) is 15.2. The van der Waals surface area contributed by atoms with Crippen LogP contribution in [0.4, 0.5) is 0 Å². The van der Waals surface area contributed by atoms with Gasteiger partial charge in [-0.3, -0.25) is 0 Å². The largest absolute Gasteiger partial charge is 0.508 e. The van der Waals surface area contributed by atoms with Gasteiger partial charge in [0.05, 0.1) is 5.69 Å². The zero-order valence-electron chi connectivity index (χ0n) is 12.2. The van der Waals surface area contributed by atoms with Gasteiger partial charge in [-0.15, -0.1) is 0 Å². The van der Waals surface area contributed by atoms with E-state index in [-0.39, 0.29) is 0 Å². The molecule has 0 atom stereocenters. The molecule has 0 saturated carbocycles. The zero-order chi connectivity index (χ0) is 14.7. The molecule has 0 aliphatic rings. The molecule has 0 saturated heterocycles. The Hall–Kier alpha value is -2.29. The SMILES string of the molecule is CCCc1c(O)ccc2c(CCc3ccccc3)noc12. The van der Waals surface area contributed by atoms with E-state index in [9.17, 15) is 5.11 Å². The Balaban J connectivity index is 1.88. The summed E-state index contributed by atoms with van der Waals surface area (Å²) in [6, 6.07) is 14.0. The van der Waals surface area contributed by atoms with Crippen LogP contribution in [0.5, 0.6) is 5.75 Å². The molecular formula is C18H19NO2. The molecule has 21 heavy (non-hydrogen) atoms. The predicted octanol–water partition coefficient (Wildman–Crippen LogP) is 4.27. The van der Waals surface area contributed by atoms with Gasteiger partial charge < -0.3 is 9.63 Å². The first kappa shape index (κ1) is 13.7. The van der Waals surface area contributed by atoms with Crippen LogP contribution >= 0.6 is 0 Å². The number of phenols is 1. The van der Waals surface area contributed by atoms with Crippen molar-refractivity contribution in [3.8, 4) is 5.75 Å². The molecule has 0 spiro atoms.